The number of aromatic nitrogens is 7. The number of aliphatic hydroxyl groups is 1. The molecule has 0 radical (unpaired) electrons. The summed E-state index contributed by atoms with van der Waals surface area (Å²) in [6, 6.07) is 14.0. The first kappa shape index (κ1) is 35.1. The van der Waals surface area contributed by atoms with Crippen molar-refractivity contribution in [2.24, 2.45) is 0 Å². The van der Waals surface area contributed by atoms with Gasteiger partial charge in [-0.05, 0) is 68.7 Å². The number of ether oxygens (including phenoxy) is 1. The highest BCUT2D eigenvalue weighted by molar-refractivity contribution is 5.89. The van der Waals surface area contributed by atoms with Crippen molar-refractivity contribution in [3.05, 3.63) is 77.9 Å². The van der Waals surface area contributed by atoms with Crippen LogP contribution in [0, 0.1) is 0 Å². The molecule has 3 aliphatic rings. The number of nitrogens with one attached hydrogen (secondary N) is 2. The highest BCUT2D eigenvalue weighted by Crippen LogP contribution is 2.39. The highest BCUT2D eigenvalue weighted by atomic mass is 16.5. The van der Waals surface area contributed by atoms with E-state index in [1.165, 1.54) is 6.42 Å². The third-order valence-corrected chi connectivity index (χ3v) is 10.9. The van der Waals surface area contributed by atoms with Gasteiger partial charge in [0, 0.05) is 43.7 Å². The van der Waals surface area contributed by atoms with Gasteiger partial charge in [0.2, 0.25) is 5.95 Å². The van der Waals surface area contributed by atoms with Gasteiger partial charge in [-0.1, -0.05) is 45.0 Å². The first-order valence-electron chi connectivity index (χ1n) is 19.1. The summed E-state index contributed by atoms with van der Waals surface area (Å²) in [5.41, 5.74) is 4.30. The van der Waals surface area contributed by atoms with E-state index in [9.17, 15) is 9.90 Å². The van der Waals surface area contributed by atoms with Gasteiger partial charge in [0.1, 0.15) is 23.4 Å². The normalized spacial score (nSPS) is 22.2. The van der Waals surface area contributed by atoms with Crippen molar-refractivity contribution in [3.8, 4) is 11.4 Å². The summed E-state index contributed by atoms with van der Waals surface area (Å²) in [6.07, 6.45) is 11.1. The number of carbonyl (C=O) groups excluding carboxylic acids is 1. The van der Waals surface area contributed by atoms with E-state index in [0.29, 0.717) is 31.4 Å². The molecule has 0 spiro atoms. The molecule has 14 heteroatoms. The largest absolute Gasteiger partial charge is 0.484 e. The maximum absolute atomic E-state index is 13.7. The van der Waals surface area contributed by atoms with Gasteiger partial charge < -0.3 is 20.1 Å². The fraction of sp³-hybridized carbons (Fsp3) is 0.513. The average Bonchev–Trinajstić information content (AvgIpc) is 3.95. The van der Waals surface area contributed by atoms with E-state index in [0.717, 1.165) is 85.2 Å². The number of β-amino-alcohol motifs (C(OH)–C–C–N with tert-alkyl or cyclic N) is 1. The van der Waals surface area contributed by atoms with Crippen LogP contribution in [0.2, 0.25) is 0 Å². The number of nitrogens with zero attached hydrogens (tertiary/aromatic N) is 9. The maximum Gasteiger partial charge on any atom is 0.320 e. The molecule has 2 amide bonds. The second-order valence-corrected chi connectivity index (χ2v) is 15.9. The van der Waals surface area contributed by atoms with E-state index in [2.05, 4.69) is 75.6 Å². The van der Waals surface area contributed by atoms with Gasteiger partial charge >= 0.3 is 6.03 Å². The number of likely N-dealkylation sites (tertiary alicyclic amines) is 1. The van der Waals surface area contributed by atoms with E-state index in [-0.39, 0.29) is 29.7 Å². The van der Waals surface area contributed by atoms with Crippen LogP contribution in [0.15, 0.2) is 61.1 Å². The lowest BCUT2D eigenvalue weighted by Gasteiger charge is -2.33. The Balaban J connectivity index is 0.963. The van der Waals surface area contributed by atoms with Crippen LogP contribution in [0.5, 0.6) is 5.75 Å². The second-order valence-electron chi connectivity index (χ2n) is 15.9. The lowest BCUT2D eigenvalue weighted by Crippen LogP contribution is -2.38. The summed E-state index contributed by atoms with van der Waals surface area (Å²) in [7, 11) is 0. The van der Waals surface area contributed by atoms with Gasteiger partial charge in [-0.15, -0.1) is 10.2 Å². The molecule has 2 fully saturated rings. The zero-order valence-electron chi connectivity index (χ0n) is 31.1. The molecule has 2 aliphatic heterocycles. The zero-order valence-corrected chi connectivity index (χ0v) is 31.1. The number of rotatable bonds is 9. The van der Waals surface area contributed by atoms with E-state index in [4.69, 9.17) is 9.84 Å². The molecule has 2 saturated heterocycles. The van der Waals surface area contributed by atoms with E-state index < -0.39 is 0 Å². The summed E-state index contributed by atoms with van der Waals surface area (Å²) in [5, 5.41) is 34.7. The summed E-state index contributed by atoms with van der Waals surface area (Å²) < 4.78 is 12.4. The molecule has 53 heavy (non-hydrogen) atoms. The predicted molar refractivity (Wildman–Crippen MR) is 203 cm³/mol. The lowest BCUT2D eigenvalue weighted by molar-refractivity contribution is 0.171. The van der Waals surface area contributed by atoms with Crippen LogP contribution in [0.25, 0.3) is 11.3 Å². The third-order valence-electron chi connectivity index (χ3n) is 10.9. The summed E-state index contributed by atoms with van der Waals surface area (Å²) in [5.74, 6) is 2.19. The highest BCUT2D eigenvalue weighted by Gasteiger charge is 2.31. The number of anilines is 2. The molecule has 8 rings (SSSR count). The molecule has 280 valence electrons. The molecule has 4 aromatic heterocycles. The van der Waals surface area contributed by atoms with Crippen molar-refractivity contribution in [2.75, 3.05) is 36.4 Å². The van der Waals surface area contributed by atoms with Crippen LogP contribution in [0.3, 0.4) is 0 Å². The molecule has 0 saturated carbocycles. The Bertz CT molecular complexity index is 2060. The minimum Gasteiger partial charge on any atom is -0.484 e. The fourth-order valence-corrected chi connectivity index (χ4v) is 7.89. The van der Waals surface area contributed by atoms with Crippen molar-refractivity contribution in [1.29, 1.82) is 0 Å². The molecule has 1 aromatic carbocycles. The molecule has 14 nitrogen and oxygen atoms in total. The van der Waals surface area contributed by atoms with Crippen LogP contribution < -0.4 is 20.3 Å². The maximum atomic E-state index is 13.7. The quantitative estimate of drug-likeness (QED) is 0.177. The van der Waals surface area contributed by atoms with Crippen molar-refractivity contribution in [1.82, 2.24) is 44.4 Å². The van der Waals surface area contributed by atoms with Crippen molar-refractivity contribution >= 4 is 23.4 Å². The lowest BCUT2D eigenvalue weighted by atomic mass is 9.85. The number of amides is 2. The first-order valence-corrected chi connectivity index (χ1v) is 19.1. The van der Waals surface area contributed by atoms with Crippen LogP contribution >= 0.6 is 0 Å². The molecule has 1 aliphatic carbocycles. The van der Waals surface area contributed by atoms with Gasteiger partial charge in [0.25, 0.3) is 0 Å². The van der Waals surface area contributed by atoms with E-state index >= 15 is 0 Å². The molecule has 6 heterocycles. The first-order chi connectivity index (χ1) is 25.6. The van der Waals surface area contributed by atoms with Crippen molar-refractivity contribution in [2.45, 2.75) is 102 Å². The number of hydrogen-bond acceptors (Lipinski definition) is 9. The monoisotopic (exact) mass is 721 g/mol. The Kier molecular flexibility index (Phi) is 9.58. The molecule has 0 bridgehead atoms. The zero-order chi connectivity index (χ0) is 36.7. The topological polar surface area (TPSA) is 143 Å². The fourth-order valence-electron chi connectivity index (χ4n) is 7.89. The molecule has 3 unspecified atom stereocenters. The standard InChI is InChI=1S/C39H51N11O3/c1-26-9-7-8-17-48(26)38-44-43-35-15-12-29(25-49(35)38)53-33-14-13-32(30-10-5-6-11-31(30)33)41-37(52)42-36-21-34(39(2,3)4)45-50(36)27-22-40-47(23-27)20-19-46-18-16-28(51)24-46/h5-6,10-12,15,21-23,25-26,28,32-33,51H,7-9,13-14,16-20,24H2,1-4H3,(H2,41,42,52)/t26?,28-,32?,33?/m0/s1. The predicted octanol–water partition coefficient (Wildman–Crippen LogP) is 5.63. The van der Waals surface area contributed by atoms with E-state index in [1.807, 2.05) is 51.8 Å². The van der Waals surface area contributed by atoms with Crippen LogP contribution in [-0.2, 0) is 12.0 Å². The van der Waals surface area contributed by atoms with Gasteiger partial charge in [0.05, 0.1) is 43.0 Å². The summed E-state index contributed by atoms with van der Waals surface area (Å²) in [6.45, 7) is 12.6. The number of aliphatic hydroxyl groups excluding tert-OH is 1. The molecule has 3 N–H and O–H groups in total. The summed E-state index contributed by atoms with van der Waals surface area (Å²) in [4.78, 5) is 18.3. The van der Waals surface area contributed by atoms with Gasteiger partial charge in [-0.3, -0.25) is 19.3 Å². The minimum atomic E-state index is -0.303. The number of hydrogen-bond donors (Lipinski definition) is 3. The Morgan fingerprint density at radius 2 is 1.83 bits per heavy atom. The third kappa shape index (κ3) is 7.47. The van der Waals surface area contributed by atoms with Gasteiger partial charge in [-0.2, -0.15) is 10.2 Å². The van der Waals surface area contributed by atoms with Gasteiger partial charge in [0.15, 0.2) is 5.65 Å². The number of benzene rings is 1. The average molecular weight is 722 g/mol. The number of pyridine rings is 1. The minimum absolute atomic E-state index is 0.165. The molecule has 5 aromatic rings. The van der Waals surface area contributed by atoms with E-state index in [1.54, 1.807) is 10.9 Å². The van der Waals surface area contributed by atoms with Crippen LogP contribution in [0.4, 0.5) is 16.6 Å². The SMILES string of the molecule is CC1CCCCN1c1nnc2ccc(OC3CCC(NC(=O)Nc4cc(C(C)(C)C)nn4-c4cnn(CCN5CC[C@H](O)C5)c4)c4ccccc43)cn12. The number of piperidine rings is 1. The summed E-state index contributed by atoms with van der Waals surface area (Å²) >= 11 is 0. The van der Waals surface area contributed by atoms with Crippen LogP contribution in [-0.4, -0.2) is 88.5 Å². The number of urea groups is 1. The number of carbonyl (C=O) groups is 1. The smallest absolute Gasteiger partial charge is 0.320 e. The Morgan fingerprint density at radius 1 is 0.981 bits per heavy atom. The second kappa shape index (κ2) is 14.5. The van der Waals surface area contributed by atoms with Crippen molar-refractivity contribution in [3.63, 3.8) is 0 Å². The van der Waals surface area contributed by atoms with Crippen LogP contribution in [0.1, 0.15) is 95.2 Å². The molecular formula is C39H51N11O3. The Morgan fingerprint density at radius 3 is 2.62 bits per heavy atom. The number of fused-ring (bicyclic) bond motifs is 2. The van der Waals surface area contributed by atoms with Crippen molar-refractivity contribution < 1.29 is 14.6 Å². The Labute approximate surface area is 310 Å². The molecular weight excluding hydrogens is 671 g/mol. The van der Waals surface area contributed by atoms with Gasteiger partial charge in [-0.25, -0.2) is 9.48 Å². The Hall–Kier alpha value is -4.95. The molecule has 4 atom stereocenters.